The molecule has 1 unspecified atom stereocenters. The second-order valence-electron chi connectivity index (χ2n) is 7.16. The van der Waals surface area contributed by atoms with Crippen molar-refractivity contribution in [3.8, 4) is 0 Å². The highest BCUT2D eigenvalue weighted by Crippen LogP contribution is 2.37. The number of nitrogens with zero attached hydrogens (tertiary/aromatic N) is 2. The molecule has 1 heterocycles. The van der Waals surface area contributed by atoms with Crippen LogP contribution in [0, 0.1) is 6.92 Å². The van der Waals surface area contributed by atoms with Gasteiger partial charge in [0.25, 0.3) is 5.91 Å². The highest BCUT2D eigenvalue weighted by molar-refractivity contribution is 6.07. The minimum atomic E-state index is 0.0443. The maximum atomic E-state index is 13.7. The Bertz CT molecular complexity index is 936. The summed E-state index contributed by atoms with van der Waals surface area (Å²) in [6.07, 6.45) is 7.80. The molecule has 3 heteroatoms. The van der Waals surface area contributed by atoms with Crippen LogP contribution < -0.4 is 4.90 Å². The molecule has 1 amide bonds. The summed E-state index contributed by atoms with van der Waals surface area (Å²) in [6, 6.07) is 20.5. The van der Waals surface area contributed by atoms with E-state index in [0.717, 1.165) is 36.1 Å². The first kappa shape index (κ1) is 17.5. The number of rotatable bonds is 3. The summed E-state index contributed by atoms with van der Waals surface area (Å²) in [5.41, 5.74) is 5.21. The van der Waals surface area contributed by atoms with Gasteiger partial charge in [-0.05, 0) is 61.1 Å². The number of aromatic nitrogens is 1. The number of anilines is 1. The molecule has 0 spiro atoms. The first-order valence-corrected chi connectivity index (χ1v) is 9.63. The molecule has 2 aromatic carbocycles. The minimum absolute atomic E-state index is 0.0443. The Morgan fingerprint density at radius 1 is 1.00 bits per heavy atom. The summed E-state index contributed by atoms with van der Waals surface area (Å²) in [4.78, 5) is 19.8. The zero-order chi connectivity index (χ0) is 18.6. The number of carbonyl (C=O) groups excluding carboxylic acids is 1. The van der Waals surface area contributed by atoms with Crippen LogP contribution in [0.15, 0.2) is 73.1 Å². The number of fused-ring (bicyclic) bond motifs is 1. The van der Waals surface area contributed by atoms with Gasteiger partial charge in [0.2, 0.25) is 0 Å². The topological polar surface area (TPSA) is 33.2 Å². The summed E-state index contributed by atoms with van der Waals surface area (Å²) in [7, 11) is 0. The van der Waals surface area contributed by atoms with Crippen molar-refractivity contribution < 1.29 is 4.79 Å². The van der Waals surface area contributed by atoms with E-state index in [1.165, 1.54) is 17.5 Å². The van der Waals surface area contributed by atoms with Crippen LogP contribution in [0.2, 0.25) is 0 Å². The van der Waals surface area contributed by atoms with Gasteiger partial charge in [-0.3, -0.25) is 9.78 Å². The molecule has 3 aromatic rings. The van der Waals surface area contributed by atoms with Crippen molar-refractivity contribution in [2.24, 2.45) is 0 Å². The van der Waals surface area contributed by atoms with Gasteiger partial charge in [-0.1, -0.05) is 48.9 Å². The lowest BCUT2D eigenvalue weighted by Crippen LogP contribution is -2.35. The molecule has 4 rings (SSSR count). The fourth-order valence-electron chi connectivity index (χ4n) is 4.03. The molecule has 1 aliphatic rings. The van der Waals surface area contributed by atoms with Crippen LogP contribution in [0.4, 0.5) is 5.69 Å². The largest absolute Gasteiger partial charge is 0.301 e. The van der Waals surface area contributed by atoms with Gasteiger partial charge in [0, 0.05) is 23.6 Å². The van der Waals surface area contributed by atoms with Crippen LogP contribution in [-0.4, -0.2) is 10.9 Å². The number of aryl methyl sites for hydroxylation is 2. The van der Waals surface area contributed by atoms with Crippen LogP contribution >= 0.6 is 0 Å². The van der Waals surface area contributed by atoms with E-state index in [2.05, 4.69) is 29.2 Å². The number of amides is 1. The molecule has 0 radical (unpaired) electrons. The molecule has 3 nitrogen and oxygen atoms in total. The van der Waals surface area contributed by atoms with Crippen molar-refractivity contribution in [1.29, 1.82) is 0 Å². The average molecular weight is 356 g/mol. The zero-order valence-corrected chi connectivity index (χ0v) is 15.6. The Kier molecular flexibility index (Phi) is 5.01. The molecule has 1 aliphatic carbocycles. The van der Waals surface area contributed by atoms with Crippen molar-refractivity contribution >= 4 is 11.6 Å². The third-order valence-corrected chi connectivity index (χ3v) is 5.40. The standard InChI is InChI=1S/C24H24N2O/c1-18-17-25-16-15-21(18)24(27)26(20-11-3-2-4-12-20)23-14-8-6-10-19-9-5-7-13-22(19)23/h2-5,7,9,11-13,15-17,23H,6,8,10,14H2,1H3. The highest BCUT2D eigenvalue weighted by Gasteiger charge is 2.30. The number of hydrogen-bond donors (Lipinski definition) is 0. The number of pyridine rings is 1. The summed E-state index contributed by atoms with van der Waals surface area (Å²) in [5, 5.41) is 0. The smallest absolute Gasteiger partial charge is 0.259 e. The fourth-order valence-corrected chi connectivity index (χ4v) is 4.03. The first-order chi connectivity index (χ1) is 13.3. The van der Waals surface area contributed by atoms with Crippen LogP contribution in [0.25, 0.3) is 0 Å². The highest BCUT2D eigenvalue weighted by atomic mass is 16.2. The second kappa shape index (κ2) is 7.75. The average Bonchev–Trinajstić information content (AvgIpc) is 2.92. The van der Waals surface area contributed by atoms with Gasteiger partial charge in [0.1, 0.15) is 0 Å². The van der Waals surface area contributed by atoms with Gasteiger partial charge >= 0.3 is 0 Å². The lowest BCUT2D eigenvalue weighted by Gasteiger charge is -2.33. The number of carbonyl (C=O) groups is 1. The predicted molar refractivity (Wildman–Crippen MR) is 109 cm³/mol. The zero-order valence-electron chi connectivity index (χ0n) is 15.6. The molecule has 136 valence electrons. The van der Waals surface area contributed by atoms with E-state index in [9.17, 15) is 4.79 Å². The van der Waals surface area contributed by atoms with E-state index < -0.39 is 0 Å². The summed E-state index contributed by atoms with van der Waals surface area (Å²) < 4.78 is 0. The van der Waals surface area contributed by atoms with Gasteiger partial charge in [0.05, 0.1) is 6.04 Å². The van der Waals surface area contributed by atoms with E-state index in [1.54, 1.807) is 12.4 Å². The Hall–Kier alpha value is -2.94. The number of benzene rings is 2. The SMILES string of the molecule is Cc1cnccc1C(=O)N(c1ccccc1)C1CCCCc2ccccc21. The van der Waals surface area contributed by atoms with Gasteiger partial charge < -0.3 is 4.90 Å². The van der Waals surface area contributed by atoms with E-state index >= 15 is 0 Å². The van der Waals surface area contributed by atoms with Gasteiger partial charge in [0.15, 0.2) is 0 Å². The fraction of sp³-hybridized carbons (Fsp3) is 0.250. The lowest BCUT2D eigenvalue weighted by molar-refractivity contribution is 0.0974. The first-order valence-electron chi connectivity index (χ1n) is 9.63. The van der Waals surface area contributed by atoms with E-state index in [0.29, 0.717) is 0 Å². The summed E-state index contributed by atoms with van der Waals surface area (Å²) in [5.74, 6) is 0.0443. The van der Waals surface area contributed by atoms with Crippen molar-refractivity contribution in [2.75, 3.05) is 4.90 Å². The van der Waals surface area contributed by atoms with Crippen molar-refractivity contribution in [2.45, 2.75) is 38.6 Å². The normalized spacial score (nSPS) is 16.3. The van der Waals surface area contributed by atoms with Gasteiger partial charge in [-0.2, -0.15) is 0 Å². The molecule has 1 aromatic heterocycles. The monoisotopic (exact) mass is 356 g/mol. The summed E-state index contributed by atoms with van der Waals surface area (Å²) in [6.45, 7) is 1.95. The maximum Gasteiger partial charge on any atom is 0.259 e. The summed E-state index contributed by atoms with van der Waals surface area (Å²) >= 11 is 0. The predicted octanol–water partition coefficient (Wildman–Crippen LogP) is 5.50. The van der Waals surface area contributed by atoms with Crippen molar-refractivity contribution in [3.63, 3.8) is 0 Å². The molecule has 0 aliphatic heterocycles. The van der Waals surface area contributed by atoms with E-state index in [1.807, 2.05) is 48.2 Å². The molecule has 0 fully saturated rings. The molecule has 0 saturated heterocycles. The molecule has 27 heavy (non-hydrogen) atoms. The number of para-hydroxylation sites is 1. The van der Waals surface area contributed by atoms with Crippen LogP contribution in [0.1, 0.15) is 52.4 Å². The van der Waals surface area contributed by atoms with Crippen LogP contribution in [0.5, 0.6) is 0 Å². The quantitative estimate of drug-likeness (QED) is 0.580. The Morgan fingerprint density at radius 3 is 2.59 bits per heavy atom. The Labute approximate surface area is 160 Å². The second-order valence-corrected chi connectivity index (χ2v) is 7.16. The Morgan fingerprint density at radius 2 is 1.78 bits per heavy atom. The molecular formula is C24H24N2O. The third-order valence-electron chi connectivity index (χ3n) is 5.40. The molecule has 0 bridgehead atoms. The van der Waals surface area contributed by atoms with Gasteiger partial charge in [-0.25, -0.2) is 0 Å². The molecule has 0 saturated carbocycles. The van der Waals surface area contributed by atoms with Crippen molar-refractivity contribution in [3.05, 3.63) is 95.3 Å². The van der Waals surface area contributed by atoms with Crippen LogP contribution in [0.3, 0.4) is 0 Å². The maximum absolute atomic E-state index is 13.7. The van der Waals surface area contributed by atoms with Crippen molar-refractivity contribution in [1.82, 2.24) is 4.98 Å². The molecule has 1 atom stereocenters. The Balaban J connectivity index is 1.85. The molecular weight excluding hydrogens is 332 g/mol. The number of hydrogen-bond acceptors (Lipinski definition) is 2. The van der Waals surface area contributed by atoms with E-state index in [-0.39, 0.29) is 11.9 Å². The van der Waals surface area contributed by atoms with E-state index in [4.69, 9.17) is 0 Å². The van der Waals surface area contributed by atoms with Gasteiger partial charge in [-0.15, -0.1) is 0 Å². The molecule has 0 N–H and O–H groups in total. The third kappa shape index (κ3) is 3.50. The minimum Gasteiger partial charge on any atom is -0.301 e. The lowest BCUT2D eigenvalue weighted by atomic mass is 9.96. The van der Waals surface area contributed by atoms with Crippen LogP contribution in [-0.2, 0) is 6.42 Å².